The molecule has 0 saturated heterocycles. The third-order valence-corrected chi connectivity index (χ3v) is 3.39. The molecule has 0 spiro atoms. The largest absolute Gasteiger partial charge is 0.388 e. The summed E-state index contributed by atoms with van der Waals surface area (Å²) >= 11 is 5.77. The molecule has 5 nitrogen and oxygen atoms in total. The summed E-state index contributed by atoms with van der Waals surface area (Å²) in [5.41, 5.74) is 1.26. The number of aliphatic hydroxyl groups is 1. The highest BCUT2D eigenvalue weighted by atomic mass is 35.5. The molecule has 0 aliphatic heterocycles. The molecule has 2 amide bonds. The molecule has 0 fully saturated rings. The van der Waals surface area contributed by atoms with Crippen molar-refractivity contribution >= 4 is 29.1 Å². The van der Waals surface area contributed by atoms with Crippen LogP contribution in [0.15, 0.2) is 54.6 Å². The lowest BCUT2D eigenvalue weighted by molar-refractivity contribution is -0.125. The van der Waals surface area contributed by atoms with Crippen molar-refractivity contribution in [2.45, 2.75) is 12.5 Å². The van der Waals surface area contributed by atoms with Crippen molar-refractivity contribution < 1.29 is 14.7 Å². The van der Waals surface area contributed by atoms with Gasteiger partial charge in [0.1, 0.15) is 0 Å². The Morgan fingerprint density at radius 3 is 2.30 bits per heavy atom. The first kappa shape index (κ1) is 17.0. The maximum Gasteiger partial charge on any atom is 0.243 e. The number of carbonyl (C=O) groups is 2. The van der Waals surface area contributed by atoms with Crippen molar-refractivity contribution in [3.05, 3.63) is 65.2 Å². The number of aliphatic hydroxyl groups excluding tert-OH is 1. The van der Waals surface area contributed by atoms with Crippen LogP contribution in [-0.4, -0.2) is 23.5 Å². The Morgan fingerprint density at radius 2 is 1.65 bits per heavy atom. The zero-order chi connectivity index (χ0) is 16.7. The topological polar surface area (TPSA) is 78.4 Å². The molecule has 2 rings (SSSR count). The average Bonchev–Trinajstić information content (AvgIpc) is 2.54. The Morgan fingerprint density at radius 1 is 1.00 bits per heavy atom. The maximum absolute atomic E-state index is 11.8. The number of halogens is 1. The average molecular weight is 333 g/mol. The molecular weight excluding hydrogens is 316 g/mol. The van der Waals surface area contributed by atoms with E-state index >= 15 is 0 Å². The highest BCUT2D eigenvalue weighted by Gasteiger charge is 2.13. The van der Waals surface area contributed by atoms with Gasteiger partial charge < -0.3 is 15.7 Å². The number of hydrogen-bond acceptors (Lipinski definition) is 3. The van der Waals surface area contributed by atoms with Gasteiger partial charge in [-0.05, 0) is 29.8 Å². The van der Waals surface area contributed by atoms with Gasteiger partial charge in [0.25, 0.3) is 0 Å². The van der Waals surface area contributed by atoms with Gasteiger partial charge in [-0.25, -0.2) is 0 Å². The van der Waals surface area contributed by atoms with Gasteiger partial charge in [-0.1, -0.05) is 41.9 Å². The molecule has 0 aliphatic rings. The van der Waals surface area contributed by atoms with Gasteiger partial charge in [-0.15, -0.1) is 0 Å². The molecule has 0 radical (unpaired) electrons. The lowest BCUT2D eigenvalue weighted by Gasteiger charge is -2.11. The van der Waals surface area contributed by atoms with Crippen molar-refractivity contribution in [1.29, 1.82) is 0 Å². The Bertz CT molecular complexity index is 659. The Kier molecular flexibility index (Phi) is 6.14. The number of para-hydroxylation sites is 1. The van der Waals surface area contributed by atoms with Crippen molar-refractivity contribution in [2.24, 2.45) is 0 Å². The van der Waals surface area contributed by atoms with Crippen LogP contribution in [0, 0.1) is 0 Å². The van der Waals surface area contributed by atoms with E-state index in [1.54, 1.807) is 48.5 Å². The molecule has 2 aromatic rings. The predicted molar refractivity (Wildman–Crippen MR) is 89.1 cm³/mol. The fourth-order valence-electron chi connectivity index (χ4n) is 1.96. The SMILES string of the molecule is O=C(CC(O)c1ccc(Cl)cc1)NCC(=O)Nc1ccccc1. The zero-order valence-electron chi connectivity index (χ0n) is 12.3. The summed E-state index contributed by atoms with van der Waals surface area (Å²) in [5, 5.41) is 15.7. The molecule has 0 bridgehead atoms. The molecular formula is C17H17ClN2O3. The van der Waals surface area contributed by atoms with E-state index < -0.39 is 12.0 Å². The molecule has 0 saturated carbocycles. The van der Waals surface area contributed by atoms with Gasteiger partial charge in [0, 0.05) is 10.7 Å². The van der Waals surface area contributed by atoms with Crippen LogP contribution in [-0.2, 0) is 9.59 Å². The zero-order valence-corrected chi connectivity index (χ0v) is 13.1. The van der Waals surface area contributed by atoms with Gasteiger partial charge in [0.15, 0.2) is 0 Å². The van der Waals surface area contributed by atoms with Crippen molar-refractivity contribution in [3.8, 4) is 0 Å². The first-order chi connectivity index (χ1) is 11.0. The van der Waals surface area contributed by atoms with Crippen molar-refractivity contribution in [2.75, 3.05) is 11.9 Å². The maximum atomic E-state index is 11.8. The monoisotopic (exact) mass is 332 g/mol. The van der Waals surface area contributed by atoms with E-state index in [0.717, 1.165) is 0 Å². The molecule has 6 heteroatoms. The van der Waals surface area contributed by atoms with Crippen molar-refractivity contribution in [1.82, 2.24) is 5.32 Å². The Balaban J connectivity index is 1.76. The standard InChI is InChI=1S/C17H17ClN2O3/c18-13-8-6-12(7-9-13)15(21)10-16(22)19-11-17(23)20-14-4-2-1-3-5-14/h1-9,15,21H,10-11H2,(H,19,22)(H,20,23). The number of amides is 2. The summed E-state index contributed by atoms with van der Waals surface area (Å²) < 4.78 is 0. The number of carbonyl (C=O) groups excluding carboxylic acids is 2. The summed E-state index contributed by atoms with van der Waals surface area (Å²) in [6.07, 6.45) is -1.07. The number of nitrogens with one attached hydrogen (secondary N) is 2. The fourth-order valence-corrected chi connectivity index (χ4v) is 2.08. The van der Waals surface area contributed by atoms with Gasteiger partial charge in [-0.3, -0.25) is 9.59 Å². The van der Waals surface area contributed by atoms with E-state index in [1.807, 2.05) is 6.07 Å². The van der Waals surface area contributed by atoms with Crippen LogP contribution in [0.5, 0.6) is 0 Å². The van der Waals surface area contributed by atoms with Crippen LogP contribution in [0.3, 0.4) is 0 Å². The Labute approximate surface area is 139 Å². The van der Waals surface area contributed by atoms with E-state index in [9.17, 15) is 14.7 Å². The van der Waals surface area contributed by atoms with Crippen LogP contribution >= 0.6 is 11.6 Å². The summed E-state index contributed by atoms with van der Waals surface area (Å²) in [7, 11) is 0. The van der Waals surface area contributed by atoms with E-state index in [4.69, 9.17) is 11.6 Å². The molecule has 0 aromatic heterocycles. The van der Waals surface area contributed by atoms with E-state index in [1.165, 1.54) is 0 Å². The third kappa shape index (κ3) is 5.73. The minimum absolute atomic E-state index is 0.125. The van der Waals surface area contributed by atoms with Crippen LogP contribution in [0.4, 0.5) is 5.69 Å². The highest BCUT2D eigenvalue weighted by Crippen LogP contribution is 2.18. The van der Waals surface area contributed by atoms with E-state index in [-0.39, 0.29) is 18.9 Å². The summed E-state index contributed by atoms with van der Waals surface area (Å²) in [5.74, 6) is -0.735. The molecule has 0 aliphatic carbocycles. The molecule has 2 aromatic carbocycles. The second kappa shape index (κ2) is 8.31. The number of hydrogen-bond donors (Lipinski definition) is 3. The van der Waals surface area contributed by atoms with Crippen LogP contribution in [0.25, 0.3) is 0 Å². The smallest absolute Gasteiger partial charge is 0.243 e. The first-order valence-corrected chi connectivity index (χ1v) is 7.47. The minimum Gasteiger partial charge on any atom is -0.388 e. The van der Waals surface area contributed by atoms with Crippen LogP contribution in [0.2, 0.25) is 5.02 Å². The third-order valence-electron chi connectivity index (χ3n) is 3.14. The molecule has 3 N–H and O–H groups in total. The number of anilines is 1. The summed E-state index contributed by atoms with van der Waals surface area (Å²) in [6.45, 7) is -0.152. The normalized spacial score (nSPS) is 11.6. The van der Waals surface area contributed by atoms with Gasteiger partial charge >= 0.3 is 0 Å². The molecule has 0 heterocycles. The predicted octanol–water partition coefficient (Wildman–Crippen LogP) is 2.52. The Hall–Kier alpha value is -2.37. The molecule has 1 atom stereocenters. The minimum atomic E-state index is -0.940. The van der Waals surface area contributed by atoms with E-state index in [0.29, 0.717) is 16.3 Å². The number of rotatable bonds is 6. The quantitative estimate of drug-likeness (QED) is 0.760. The number of benzene rings is 2. The molecule has 1 unspecified atom stereocenters. The lowest BCUT2D eigenvalue weighted by atomic mass is 10.1. The molecule has 23 heavy (non-hydrogen) atoms. The van der Waals surface area contributed by atoms with E-state index in [2.05, 4.69) is 10.6 Å². The van der Waals surface area contributed by atoms with Crippen LogP contribution < -0.4 is 10.6 Å². The second-order valence-corrected chi connectivity index (χ2v) is 5.40. The van der Waals surface area contributed by atoms with Gasteiger partial charge in [0.05, 0.1) is 19.1 Å². The summed E-state index contributed by atoms with van der Waals surface area (Å²) in [6, 6.07) is 15.6. The van der Waals surface area contributed by atoms with Gasteiger partial charge in [-0.2, -0.15) is 0 Å². The summed E-state index contributed by atoms with van der Waals surface area (Å²) in [4.78, 5) is 23.5. The lowest BCUT2D eigenvalue weighted by Crippen LogP contribution is -2.33. The second-order valence-electron chi connectivity index (χ2n) is 4.96. The van der Waals surface area contributed by atoms with Gasteiger partial charge in [0.2, 0.25) is 11.8 Å². The molecule has 120 valence electrons. The van der Waals surface area contributed by atoms with Crippen molar-refractivity contribution in [3.63, 3.8) is 0 Å². The highest BCUT2D eigenvalue weighted by molar-refractivity contribution is 6.30. The fraction of sp³-hybridized carbons (Fsp3) is 0.176. The van der Waals surface area contributed by atoms with Crippen LogP contribution in [0.1, 0.15) is 18.1 Å². The first-order valence-electron chi connectivity index (χ1n) is 7.10.